The number of likely N-dealkylation sites (tertiary alicyclic amines) is 1. The number of carbonyl (C=O) groups excluding carboxylic acids is 1. The number of benzene rings is 1. The Morgan fingerprint density at radius 3 is 2.58 bits per heavy atom. The average Bonchev–Trinajstić information content (AvgIpc) is 2.95. The summed E-state index contributed by atoms with van der Waals surface area (Å²) in [6, 6.07) is 8.13. The Morgan fingerprint density at radius 1 is 1.15 bits per heavy atom. The predicted octanol–water partition coefficient (Wildman–Crippen LogP) is 2.43. The molecule has 2 aliphatic heterocycles. The van der Waals surface area contributed by atoms with Gasteiger partial charge in [-0.15, -0.1) is 0 Å². The number of hydrogen-bond donors (Lipinski definition) is 2. The third-order valence-electron chi connectivity index (χ3n) is 5.64. The van der Waals surface area contributed by atoms with E-state index in [1.807, 2.05) is 0 Å². The van der Waals surface area contributed by atoms with E-state index in [9.17, 15) is 4.79 Å². The molecule has 5 nitrogen and oxygen atoms in total. The van der Waals surface area contributed by atoms with Crippen LogP contribution in [0.25, 0.3) is 0 Å². The van der Waals surface area contributed by atoms with E-state index in [2.05, 4.69) is 34.5 Å². The van der Waals surface area contributed by atoms with Crippen LogP contribution in [-0.4, -0.2) is 43.2 Å². The standard InChI is InChI=1S/C21H33N3O2/c22-20(19-8-12-26-13-9-19)21(25)23-15-17-6-5-7-18(14-17)16-24-10-3-1-2-4-11-24/h5-7,14,19-20H,1-4,8-13,15-16,22H2,(H,23,25). The average molecular weight is 360 g/mol. The molecule has 3 N–H and O–H groups in total. The molecule has 1 aromatic carbocycles. The Kier molecular flexibility index (Phi) is 7.47. The quantitative estimate of drug-likeness (QED) is 0.819. The summed E-state index contributed by atoms with van der Waals surface area (Å²) in [6.07, 6.45) is 7.07. The van der Waals surface area contributed by atoms with Gasteiger partial charge in [-0.05, 0) is 55.8 Å². The fourth-order valence-electron chi connectivity index (χ4n) is 3.99. The summed E-state index contributed by atoms with van der Waals surface area (Å²) in [4.78, 5) is 14.9. The summed E-state index contributed by atoms with van der Waals surface area (Å²) in [5, 5.41) is 3.02. The van der Waals surface area contributed by atoms with Crippen molar-refractivity contribution in [3.63, 3.8) is 0 Å². The molecule has 2 heterocycles. The summed E-state index contributed by atoms with van der Waals surface area (Å²) in [5.41, 5.74) is 8.62. The van der Waals surface area contributed by atoms with Crippen LogP contribution in [0.3, 0.4) is 0 Å². The molecule has 0 aromatic heterocycles. The van der Waals surface area contributed by atoms with Crippen molar-refractivity contribution < 1.29 is 9.53 Å². The van der Waals surface area contributed by atoms with E-state index in [1.54, 1.807) is 0 Å². The van der Waals surface area contributed by atoms with Crippen LogP contribution >= 0.6 is 0 Å². The molecule has 5 heteroatoms. The molecule has 1 atom stereocenters. The van der Waals surface area contributed by atoms with Gasteiger partial charge >= 0.3 is 0 Å². The molecule has 3 rings (SSSR count). The Balaban J connectivity index is 1.49. The van der Waals surface area contributed by atoms with E-state index in [0.717, 1.165) is 24.9 Å². The first-order chi connectivity index (χ1) is 12.7. The zero-order chi connectivity index (χ0) is 18.2. The van der Waals surface area contributed by atoms with Crippen molar-refractivity contribution in [2.24, 2.45) is 11.7 Å². The monoisotopic (exact) mass is 359 g/mol. The summed E-state index contributed by atoms with van der Waals surface area (Å²) < 4.78 is 5.35. The number of hydrogen-bond acceptors (Lipinski definition) is 4. The van der Waals surface area contributed by atoms with E-state index in [0.29, 0.717) is 19.8 Å². The van der Waals surface area contributed by atoms with E-state index < -0.39 is 6.04 Å². The highest BCUT2D eigenvalue weighted by atomic mass is 16.5. The number of nitrogens with two attached hydrogens (primary N) is 1. The van der Waals surface area contributed by atoms with Gasteiger partial charge in [0.25, 0.3) is 0 Å². The van der Waals surface area contributed by atoms with Crippen LogP contribution in [0.4, 0.5) is 0 Å². The second-order valence-corrected chi connectivity index (χ2v) is 7.70. The molecule has 144 valence electrons. The number of ether oxygens (including phenoxy) is 1. The maximum absolute atomic E-state index is 12.4. The van der Waals surface area contributed by atoms with Gasteiger partial charge in [0.05, 0.1) is 6.04 Å². The van der Waals surface area contributed by atoms with Crippen molar-refractivity contribution in [3.05, 3.63) is 35.4 Å². The first kappa shape index (κ1) is 19.3. The molecule has 2 saturated heterocycles. The lowest BCUT2D eigenvalue weighted by Gasteiger charge is -2.26. The highest BCUT2D eigenvalue weighted by molar-refractivity contribution is 5.81. The minimum atomic E-state index is -0.431. The van der Waals surface area contributed by atoms with E-state index in [-0.39, 0.29) is 11.8 Å². The Labute approximate surface area is 157 Å². The topological polar surface area (TPSA) is 67.6 Å². The van der Waals surface area contributed by atoms with E-state index in [4.69, 9.17) is 10.5 Å². The number of amides is 1. The molecule has 1 aromatic rings. The zero-order valence-corrected chi connectivity index (χ0v) is 15.8. The highest BCUT2D eigenvalue weighted by Crippen LogP contribution is 2.18. The Hall–Kier alpha value is -1.43. The van der Waals surface area contributed by atoms with Crippen molar-refractivity contribution in [2.45, 2.75) is 57.7 Å². The van der Waals surface area contributed by atoms with Crippen LogP contribution in [-0.2, 0) is 22.6 Å². The van der Waals surface area contributed by atoms with Gasteiger partial charge in [0.15, 0.2) is 0 Å². The largest absolute Gasteiger partial charge is 0.381 e. The van der Waals surface area contributed by atoms with Gasteiger partial charge in [-0.3, -0.25) is 9.69 Å². The second-order valence-electron chi connectivity index (χ2n) is 7.70. The van der Waals surface area contributed by atoms with E-state index >= 15 is 0 Å². The van der Waals surface area contributed by atoms with Gasteiger partial charge in [-0.1, -0.05) is 37.1 Å². The summed E-state index contributed by atoms with van der Waals surface area (Å²) in [6.45, 7) is 5.36. The number of rotatable bonds is 6. The minimum absolute atomic E-state index is 0.0465. The fourth-order valence-corrected chi connectivity index (χ4v) is 3.99. The Morgan fingerprint density at radius 2 is 1.85 bits per heavy atom. The van der Waals surface area contributed by atoms with Gasteiger partial charge in [-0.25, -0.2) is 0 Å². The second kappa shape index (κ2) is 10.0. The van der Waals surface area contributed by atoms with Crippen LogP contribution < -0.4 is 11.1 Å². The van der Waals surface area contributed by atoms with Gasteiger partial charge in [0.2, 0.25) is 5.91 Å². The van der Waals surface area contributed by atoms with Crippen LogP contribution in [0, 0.1) is 5.92 Å². The van der Waals surface area contributed by atoms with E-state index in [1.165, 1.54) is 44.3 Å². The predicted molar refractivity (Wildman–Crippen MR) is 104 cm³/mol. The van der Waals surface area contributed by atoms with Gasteiger partial charge in [0, 0.05) is 26.3 Å². The molecule has 2 aliphatic rings. The van der Waals surface area contributed by atoms with Crippen molar-refractivity contribution in [1.29, 1.82) is 0 Å². The SMILES string of the molecule is NC(C(=O)NCc1cccc(CN2CCCCCC2)c1)C1CCOCC1. The molecule has 1 unspecified atom stereocenters. The smallest absolute Gasteiger partial charge is 0.237 e. The van der Waals surface area contributed by atoms with Crippen LogP contribution in [0.5, 0.6) is 0 Å². The molecule has 0 radical (unpaired) electrons. The fraction of sp³-hybridized carbons (Fsp3) is 0.667. The Bertz CT molecular complexity index is 564. The molecule has 0 spiro atoms. The molecule has 0 aliphatic carbocycles. The summed E-state index contributed by atoms with van der Waals surface area (Å²) in [5.74, 6) is 0.188. The maximum atomic E-state index is 12.4. The third kappa shape index (κ3) is 5.79. The molecule has 2 fully saturated rings. The first-order valence-corrected chi connectivity index (χ1v) is 10.1. The molecular formula is C21H33N3O2. The molecule has 0 bridgehead atoms. The van der Waals surface area contributed by atoms with Gasteiger partial charge < -0.3 is 15.8 Å². The first-order valence-electron chi connectivity index (χ1n) is 10.1. The lowest BCUT2D eigenvalue weighted by molar-refractivity contribution is -0.124. The van der Waals surface area contributed by atoms with Crippen LogP contribution in [0.1, 0.15) is 49.7 Å². The zero-order valence-electron chi connectivity index (χ0n) is 15.8. The van der Waals surface area contributed by atoms with Crippen molar-refractivity contribution in [2.75, 3.05) is 26.3 Å². The van der Waals surface area contributed by atoms with Crippen molar-refractivity contribution in [3.8, 4) is 0 Å². The molecule has 26 heavy (non-hydrogen) atoms. The minimum Gasteiger partial charge on any atom is -0.381 e. The lowest BCUT2D eigenvalue weighted by Crippen LogP contribution is -2.46. The van der Waals surface area contributed by atoms with Gasteiger partial charge in [-0.2, -0.15) is 0 Å². The van der Waals surface area contributed by atoms with Crippen molar-refractivity contribution in [1.82, 2.24) is 10.2 Å². The highest BCUT2D eigenvalue weighted by Gasteiger charge is 2.26. The number of carbonyl (C=O) groups is 1. The number of nitrogens with zero attached hydrogens (tertiary/aromatic N) is 1. The number of nitrogens with one attached hydrogen (secondary N) is 1. The van der Waals surface area contributed by atoms with Gasteiger partial charge in [0.1, 0.15) is 0 Å². The normalized spacial score (nSPS) is 21.1. The third-order valence-corrected chi connectivity index (χ3v) is 5.64. The summed E-state index contributed by atoms with van der Waals surface area (Å²) >= 11 is 0. The van der Waals surface area contributed by atoms with Crippen LogP contribution in [0.15, 0.2) is 24.3 Å². The lowest BCUT2D eigenvalue weighted by atomic mass is 9.92. The molecule has 1 amide bonds. The molecular weight excluding hydrogens is 326 g/mol. The summed E-state index contributed by atoms with van der Waals surface area (Å²) in [7, 11) is 0. The molecule has 0 saturated carbocycles. The maximum Gasteiger partial charge on any atom is 0.237 e. The van der Waals surface area contributed by atoms with Crippen LogP contribution in [0.2, 0.25) is 0 Å². The van der Waals surface area contributed by atoms with Crippen molar-refractivity contribution >= 4 is 5.91 Å².